The van der Waals surface area contributed by atoms with E-state index >= 15 is 0 Å². The van der Waals surface area contributed by atoms with Crippen molar-refractivity contribution in [1.82, 2.24) is 0 Å². The first-order chi connectivity index (χ1) is 8.56. The van der Waals surface area contributed by atoms with Crippen LogP contribution in [0.5, 0.6) is 0 Å². The second-order valence-electron chi connectivity index (χ2n) is 4.17. The van der Waals surface area contributed by atoms with Gasteiger partial charge in [-0.25, -0.2) is 4.79 Å². The van der Waals surface area contributed by atoms with Gasteiger partial charge in [-0.1, -0.05) is 25.5 Å². The fourth-order valence-electron chi connectivity index (χ4n) is 1.49. The Morgan fingerprint density at radius 3 is 2.39 bits per heavy atom. The fourth-order valence-corrected chi connectivity index (χ4v) is 1.49. The number of carboxylic acids is 1. The summed E-state index contributed by atoms with van der Waals surface area (Å²) < 4.78 is 5.12. The minimum atomic E-state index is -0.972. The molecule has 0 spiro atoms. The van der Waals surface area contributed by atoms with Gasteiger partial charge in [-0.05, 0) is 31.0 Å². The number of benzene rings is 1. The number of esters is 1. The molecule has 1 N–H and O–H groups in total. The largest absolute Gasteiger partial charge is 0.478 e. The van der Waals surface area contributed by atoms with Crippen LogP contribution < -0.4 is 0 Å². The lowest BCUT2D eigenvalue weighted by Crippen LogP contribution is -2.14. The van der Waals surface area contributed by atoms with Gasteiger partial charge in [0.15, 0.2) is 0 Å². The van der Waals surface area contributed by atoms with Gasteiger partial charge in [0.05, 0.1) is 18.1 Å². The number of ether oxygens (including phenoxy) is 1. The number of carboxylic acid groups (broad SMARTS) is 1. The third-order valence-corrected chi connectivity index (χ3v) is 2.75. The molecule has 0 amide bonds. The Labute approximate surface area is 107 Å². The lowest BCUT2D eigenvalue weighted by Gasteiger charge is -2.11. The topological polar surface area (TPSA) is 63.6 Å². The number of unbranched alkanes of at least 4 members (excludes halogenated alkanes) is 1. The molecule has 0 aromatic heterocycles. The minimum Gasteiger partial charge on any atom is -0.478 e. The van der Waals surface area contributed by atoms with E-state index in [0.29, 0.717) is 6.61 Å². The zero-order valence-corrected chi connectivity index (χ0v) is 10.7. The monoisotopic (exact) mass is 250 g/mol. The molecular weight excluding hydrogens is 232 g/mol. The van der Waals surface area contributed by atoms with Crippen LogP contribution >= 0.6 is 0 Å². The predicted octanol–water partition coefficient (Wildman–Crippen LogP) is 2.83. The molecule has 18 heavy (non-hydrogen) atoms. The van der Waals surface area contributed by atoms with Crippen LogP contribution in [0.1, 0.15) is 48.5 Å². The van der Waals surface area contributed by atoms with Gasteiger partial charge in [-0.2, -0.15) is 0 Å². The SMILES string of the molecule is CCCCOC(=O)C(C)c1ccc(C(=O)O)cc1. The molecule has 1 aromatic carbocycles. The van der Waals surface area contributed by atoms with Crippen LogP contribution in [0.25, 0.3) is 0 Å². The zero-order chi connectivity index (χ0) is 13.5. The van der Waals surface area contributed by atoms with Crippen molar-refractivity contribution in [2.45, 2.75) is 32.6 Å². The van der Waals surface area contributed by atoms with E-state index in [4.69, 9.17) is 9.84 Å². The van der Waals surface area contributed by atoms with E-state index in [9.17, 15) is 9.59 Å². The number of carbonyl (C=O) groups is 2. The van der Waals surface area contributed by atoms with Crippen LogP contribution in [0, 0.1) is 0 Å². The van der Waals surface area contributed by atoms with Crippen molar-refractivity contribution < 1.29 is 19.4 Å². The molecule has 1 atom stereocenters. The molecule has 0 saturated carbocycles. The van der Waals surface area contributed by atoms with Gasteiger partial charge in [0.1, 0.15) is 0 Å². The summed E-state index contributed by atoms with van der Waals surface area (Å²) in [4.78, 5) is 22.4. The van der Waals surface area contributed by atoms with Crippen molar-refractivity contribution in [1.29, 1.82) is 0 Å². The highest BCUT2D eigenvalue weighted by atomic mass is 16.5. The minimum absolute atomic E-state index is 0.213. The van der Waals surface area contributed by atoms with E-state index < -0.39 is 5.97 Å². The highest BCUT2D eigenvalue weighted by molar-refractivity contribution is 5.87. The van der Waals surface area contributed by atoms with Crippen LogP contribution in [0.4, 0.5) is 0 Å². The second-order valence-corrected chi connectivity index (χ2v) is 4.17. The molecule has 0 aliphatic carbocycles. The van der Waals surface area contributed by atoms with Crippen molar-refractivity contribution in [2.75, 3.05) is 6.61 Å². The fraction of sp³-hybridized carbons (Fsp3) is 0.429. The van der Waals surface area contributed by atoms with E-state index in [1.165, 1.54) is 12.1 Å². The molecule has 0 radical (unpaired) electrons. The van der Waals surface area contributed by atoms with Gasteiger partial charge in [0, 0.05) is 0 Å². The van der Waals surface area contributed by atoms with Crippen LogP contribution in [-0.2, 0) is 9.53 Å². The zero-order valence-electron chi connectivity index (χ0n) is 10.7. The Morgan fingerprint density at radius 2 is 1.89 bits per heavy atom. The summed E-state index contributed by atoms with van der Waals surface area (Å²) >= 11 is 0. The Morgan fingerprint density at radius 1 is 1.28 bits per heavy atom. The quantitative estimate of drug-likeness (QED) is 0.623. The molecule has 1 rings (SSSR count). The summed E-state index contributed by atoms with van der Waals surface area (Å²) in [6, 6.07) is 6.28. The molecule has 0 saturated heterocycles. The normalized spacial score (nSPS) is 11.9. The molecular formula is C14H18O4. The van der Waals surface area contributed by atoms with Crippen molar-refractivity contribution >= 4 is 11.9 Å². The first kappa shape index (κ1) is 14.2. The van der Waals surface area contributed by atoms with E-state index in [1.807, 2.05) is 6.92 Å². The molecule has 0 heterocycles. The lowest BCUT2D eigenvalue weighted by molar-refractivity contribution is -0.145. The molecule has 4 nitrogen and oxygen atoms in total. The Bertz CT molecular complexity index is 408. The maximum absolute atomic E-state index is 11.7. The summed E-state index contributed by atoms with van der Waals surface area (Å²) in [7, 11) is 0. The molecule has 0 fully saturated rings. The predicted molar refractivity (Wildman–Crippen MR) is 67.7 cm³/mol. The molecule has 0 aliphatic rings. The molecule has 1 aromatic rings. The van der Waals surface area contributed by atoms with Gasteiger partial charge in [0.25, 0.3) is 0 Å². The highest BCUT2D eigenvalue weighted by Gasteiger charge is 2.16. The maximum atomic E-state index is 11.7. The van der Waals surface area contributed by atoms with Crippen LogP contribution in [0.2, 0.25) is 0 Å². The van der Waals surface area contributed by atoms with Gasteiger partial charge >= 0.3 is 11.9 Å². The standard InChI is InChI=1S/C14H18O4/c1-3-4-9-18-14(17)10(2)11-5-7-12(8-6-11)13(15)16/h5-8,10H,3-4,9H2,1-2H3,(H,15,16). The Balaban J connectivity index is 2.63. The van der Waals surface area contributed by atoms with E-state index in [1.54, 1.807) is 19.1 Å². The summed E-state index contributed by atoms with van der Waals surface area (Å²) in [5.41, 5.74) is 0.979. The van der Waals surface area contributed by atoms with Gasteiger partial charge in [0.2, 0.25) is 0 Å². The Hall–Kier alpha value is -1.84. The average Bonchev–Trinajstić information content (AvgIpc) is 2.38. The summed E-state index contributed by atoms with van der Waals surface area (Å²) in [6.07, 6.45) is 1.84. The Kier molecular flexibility index (Phi) is 5.36. The smallest absolute Gasteiger partial charge is 0.335 e. The number of aromatic carboxylic acids is 1. The third-order valence-electron chi connectivity index (χ3n) is 2.75. The van der Waals surface area contributed by atoms with E-state index in [2.05, 4.69) is 0 Å². The van der Waals surface area contributed by atoms with Gasteiger partial charge < -0.3 is 9.84 Å². The average molecular weight is 250 g/mol. The van der Waals surface area contributed by atoms with E-state index in [0.717, 1.165) is 18.4 Å². The van der Waals surface area contributed by atoms with Crippen LogP contribution in [-0.4, -0.2) is 23.7 Å². The molecule has 4 heteroatoms. The maximum Gasteiger partial charge on any atom is 0.335 e. The van der Waals surface area contributed by atoms with Crippen molar-refractivity contribution in [3.8, 4) is 0 Å². The first-order valence-corrected chi connectivity index (χ1v) is 6.06. The van der Waals surface area contributed by atoms with Crippen molar-refractivity contribution in [3.05, 3.63) is 35.4 Å². The molecule has 0 bridgehead atoms. The number of hydrogen-bond acceptors (Lipinski definition) is 3. The van der Waals surface area contributed by atoms with Gasteiger partial charge in [-0.3, -0.25) is 4.79 Å². The summed E-state index contributed by atoms with van der Waals surface area (Å²) in [5, 5.41) is 8.78. The molecule has 1 unspecified atom stereocenters. The second kappa shape index (κ2) is 6.79. The third kappa shape index (κ3) is 3.87. The first-order valence-electron chi connectivity index (χ1n) is 6.06. The summed E-state index contributed by atoms with van der Waals surface area (Å²) in [6.45, 7) is 4.22. The van der Waals surface area contributed by atoms with Crippen LogP contribution in [0.15, 0.2) is 24.3 Å². The summed E-state index contributed by atoms with van der Waals surface area (Å²) in [5.74, 6) is -1.61. The number of rotatable bonds is 6. The lowest BCUT2D eigenvalue weighted by atomic mass is 10.00. The highest BCUT2D eigenvalue weighted by Crippen LogP contribution is 2.17. The number of hydrogen-bond donors (Lipinski definition) is 1. The van der Waals surface area contributed by atoms with E-state index in [-0.39, 0.29) is 17.5 Å². The van der Waals surface area contributed by atoms with Crippen LogP contribution in [0.3, 0.4) is 0 Å². The van der Waals surface area contributed by atoms with Crippen molar-refractivity contribution in [2.24, 2.45) is 0 Å². The number of carbonyl (C=O) groups excluding carboxylic acids is 1. The molecule has 98 valence electrons. The molecule has 0 aliphatic heterocycles. The van der Waals surface area contributed by atoms with Crippen molar-refractivity contribution in [3.63, 3.8) is 0 Å². The van der Waals surface area contributed by atoms with Gasteiger partial charge in [-0.15, -0.1) is 0 Å².